The van der Waals surface area contributed by atoms with Gasteiger partial charge in [0.2, 0.25) is 0 Å². The molecule has 0 N–H and O–H groups in total. The summed E-state index contributed by atoms with van der Waals surface area (Å²) < 4.78 is 2.54. The first-order chi connectivity index (χ1) is 26.0. The average Bonchev–Trinajstić information content (AvgIpc) is 3.53. The van der Waals surface area contributed by atoms with Gasteiger partial charge in [-0.1, -0.05) is 166 Å². The van der Waals surface area contributed by atoms with Gasteiger partial charge in [0.1, 0.15) is 0 Å². The van der Waals surface area contributed by atoms with E-state index in [1.54, 1.807) is 0 Å². The van der Waals surface area contributed by atoms with E-state index in [1.165, 1.54) is 49.6 Å². The Hall–Kier alpha value is -6.39. The van der Waals surface area contributed by atoms with E-state index in [4.69, 9.17) is 9.98 Å². The van der Waals surface area contributed by atoms with Crippen LogP contribution in [0.5, 0.6) is 0 Å². The SMILES string of the molecule is C=NC(=NC(=NCc1ccc(-n2c3c(c4ccc5ccccc5c42)-c2ccccc2C(C)(C)C2CC=CC=C32)cc1)c1ccccc1)c1ccccc1. The van der Waals surface area contributed by atoms with Gasteiger partial charge in [0.15, 0.2) is 11.7 Å². The Morgan fingerprint density at radius 3 is 2.15 bits per heavy atom. The largest absolute Gasteiger partial charge is 0.308 e. The van der Waals surface area contributed by atoms with Crippen molar-refractivity contribution < 1.29 is 0 Å². The van der Waals surface area contributed by atoms with E-state index in [9.17, 15) is 0 Å². The highest BCUT2D eigenvalue weighted by atomic mass is 15.0. The van der Waals surface area contributed by atoms with Gasteiger partial charge in [-0.2, -0.15) is 0 Å². The molecule has 2 aliphatic carbocycles. The van der Waals surface area contributed by atoms with Crippen LogP contribution in [0.4, 0.5) is 0 Å². The fraction of sp³-hybridized carbons (Fsp3) is 0.122. The summed E-state index contributed by atoms with van der Waals surface area (Å²) >= 11 is 0. The summed E-state index contributed by atoms with van der Waals surface area (Å²) in [5.74, 6) is 1.50. The fourth-order valence-corrected chi connectivity index (χ4v) is 8.43. The summed E-state index contributed by atoms with van der Waals surface area (Å²) in [6.07, 6.45) is 7.96. The van der Waals surface area contributed by atoms with Crippen molar-refractivity contribution in [1.29, 1.82) is 0 Å². The zero-order valence-corrected chi connectivity index (χ0v) is 30.1. The summed E-state index contributed by atoms with van der Waals surface area (Å²) in [5, 5.41) is 3.77. The van der Waals surface area contributed by atoms with E-state index in [-0.39, 0.29) is 5.41 Å². The molecule has 4 nitrogen and oxygen atoms in total. The summed E-state index contributed by atoms with van der Waals surface area (Å²) in [4.78, 5) is 14.2. The van der Waals surface area contributed by atoms with Crippen LogP contribution in [-0.4, -0.2) is 23.0 Å². The highest BCUT2D eigenvalue weighted by Crippen LogP contribution is 2.55. The van der Waals surface area contributed by atoms with Gasteiger partial charge in [0.05, 0.1) is 17.8 Å². The lowest BCUT2D eigenvalue weighted by Gasteiger charge is -2.36. The number of rotatable bonds is 5. The normalized spacial score (nSPS) is 16.4. The number of aliphatic imine (C=N–C) groups is 3. The third-order valence-corrected chi connectivity index (χ3v) is 11.1. The molecule has 0 spiro atoms. The Bertz CT molecular complexity index is 2640. The van der Waals surface area contributed by atoms with Crippen LogP contribution in [0.15, 0.2) is 179 Å². The molecule has 0 aliphatic heterocycles. The monoisotopic (exact) mass is 684 g/mol. The molecule has 1 heterocycles. The lowest BCUT2D eigenvalue weighted by Crippen LogP contribution is -2.30. The van der Waals surface area contributed by atoms with Crippen molar-refractivity contribution in [3.63, 3.8) is 0 Å². The van der Waals surface area contributed by atoms with Crippen molar-refractivity contribution in [2.45, 2.75) is 32.2 Å². The molecule has 4 heteroatoms. The zero-order chi connectivity index (χ0) is 35.9. The number of allylic oxidation sites excluding steroid dienone is 4. The summed E-state index contributed by atoms with van der Waals surface area (Å²) in [5.41, 5.74) is 12.0. The molecule has 7 aromatic rings. The van der Waals surface area contributed by atoms with Crippen LogP contribution >= 0.6 is 0 Å². The van der Waals surface area contributed by atoms with E-state index < -0.39 is 0 Å². The van der Waals surface area contributed by atoms with Crippen molar-refractivity contribution >= 4 is 45.6 Å². The quantitative estimate of drug-likeness (QED) is 0.128. The maximum absolute atomic E-state index is 5.06. The first kappa shape index (κ1) is 32.5. The Morgan fingerprint density at radius 1 is 0.717 bits per heavy atom. The number of hydrogen-bond donors (Lipinski definition) is 0. The molecule has 2 aliphatic rings. The van der Waals surface area contributed by atoms with Crippen LogP contribution in [0.2, 0.25) is 0 Å². The molecule has 53 heavy (non-hydrogen) atoms. The van der Waals surface area contributed by atoms with Gasteiger partial charge >= 0.3 is 0 Å². The zero-order valence-electron chi connectivity index (χ0n) is 30.1. The van der Waals surface area contributed by atoms with E-state index >= 15 is 0 Å². The topological polar surface area (TPSA) is 42.0 Å². The standard InChI is InChI=1S/C49H40N4/c1-49(2)42-24-14-12-22-39(42)44-41-31-28-34-16-10-11-21-38(34)45(41)53(46(44)40-23-13-15-25-43(40)49)37-29-26-33(27-30-37)32-51-48(36-19-8-5-9-20-36)52-47(50-3)35-17-6-4-7-18-35/h4-24,26-31,43H,3,25,32H2,1-2H3. The van der Waals surface area contributed by atoms with Crippen LogP contribution in [-0.2, 0) is 12.0 Å². The van der Waals surface area contributed by atoms with E-state index in [2.05, 4.69) is 133 Å². The molecule has 0 amide bonds. The Morgan fingerprint density at radius 2 is 1.40 bits per heavy atom. The number of hydrogen-bond acceptors (Lipinski definition) is 1. The highest BCUT2D eigenvalue weighted by molar-refractivity contribution is 6.16. The average molecular weight is 685 g/mol. The molecule has 9 rings (SSSR count). The van der Waals surface area contributed by atoms with Crippen LogP contribution in [0.1, 0.15) is 48.2 Å². The highest BCUT2D eigenvalue weighted by Gasteiger charge is 2.42. The van der Waals surface area contributed by atoms with Crippen molar-refractivity contribution in [3.05, 3.63) is 192 Å². The van der Waals surface area contributed by atoms with Crippen LogP contribution < -0.4 is 0 Å². The summed E-state index contributed by atoms with van der Waals surface area (Å²) in [7, 11) is 0. The number of aromatic nitrogens is 1. The fourth-order valence-electron chi connectivity index (χ4n) is 8.43. The molecule has 0 bridgehead atoms. The van der Waals surface area contributed by atoms with Crippen molar-refractivity contribution in [3.8, 4) is 16.8 Å². The molecule has 1 aromatic heterocycles. The number of fused-ring (bicyclic) bond motifs is 9. The first-order valence-corrected chi connectivity index (χ1v) is 18.4. The number of amidine groups is 2. The Kier molecular flexibility index (Phi) is 8.16. The van der Waals surface area contributed by atoms with Crippen LogP contribution in [0.3, 0.4) is 0 Å². The molecule has 1 atom stereocenters. The third-order valence-electron chi connectivity index (χ3n) is 11.1. The van der Waals surface area contributed by atoms with Gasteiger partial charge in [-0.3, -0.25) is 4.99 Å². The Balaban J connectivity index is 1.21. The second-order valence-corrected chi connectivity index (χ2v) is 14.5. The van der Waals surface area contributed by atoms with Crippen LogP contribution in [0.25, 0.3) is 44.1 Å². The van der Waals surface area contributed by atoms with E-state index in [0.29, 0.717) is 24.1 Å². The smallest absolute Gasteiger partial charge is 0.161 e. The Labute approximate surface area is 310 Å². The van der Waals surface area contributed by atoms with Crippen molar-refractivity contribution in [2.24, 2.45) is 20.9 Å². The molecule has 0 saturated heterocycles. The number of benzene rings is 6. The van der Waals surface area contributed by atoms with Gasteiger partial charge in [-0.15, -0.1) is 0 Å². The second kappa shape index (κ2) is 13.3. The van der Waals surface area contributed by atoms with Gasteiger partial charge in [0, 0.05) is 33.2 Å². The lowest BCUT2D eigenvalue weighted by molar-refractivity contribution is 0.396. The molecule has 0 radical (unpaired) electrons. The summed E-state index contributed by atoms with van der Waals surface area (Å²) in [6, 6.07) is 51.4. The third kappa shape index (κ3) is 5.59. The lowest BCUT2D eigenvalue weighted by atomic mass is 9.67. The maximum atomic E-state index is 5.06. The molecule has 256 valence electrons. The maximum Gasteiger partial charge on any atom is 0.161 e. The van der Waals surface area contributed by atoms with Gasteiger partial charge in [-0.05, 0) is 64.3 Å². The molecular formula is C49H40N4. The summed E-state index contributed by atoms with van der Waals surface area (Å²) in [6.45, 7) is 9.14. The molecule has 1 unspecified atom stereocenters. The molecular weight excluding hydrogens is 645 g/mol. The second-order valence-electron chi connectivity index (χ2n) is 14.5. The van der Waals surface area contributed by atoms with E-state index in [0.717, 1.165) is 28.8 Å². The minimum Gasteiger partial charge on any atom is -0.308 e. The predicted molar refractivity (Wildman–Crippen MR) is 224 cm³/mol. The first-order valence-electron chi connectivity index (χ1n) is 18.4. The van der Waals surface area contributed by atoms with Crippen LogP contribution in [0, 0.1) is 5.92 Å². The van der Waals surface area contributed by atoms with E-state index in [1.807, 2.05) is 60.7 Å². The van der Waals surface area contributed by atoms with Gasteiger partial charge in [-0.25, -0.2) is 9.98 Å². The molecule has 0 fully saturated rings. The predicted octanol–water partition coefficient (Wildman–Crippen LogP) is 11.8. The van der Waals surface area contributed by atoms with Gasteiger partial charge < -0.3 is 4.57 Å². The molecule has 6 aromatic carbocycles. The molecule has 0 saturated carbocycles. The van der Waals surface area contributed by atoms with Crippen molar-refractivity contribution in [2.75, 3.05) is 0 Å². The number of nitrogens with zero attached hydrogens (tertiary/aromatic N) is 4. The minimum absolute atomic E-state index is 0.0531. The minimum atomic E-state index is -0.0531. The van der Waals surface area contributed by atoms with Crippen molar-refractivity contribution in [1.82, 2.24) is 4.57 Å². The van der Waals surface area contributed by atoms with Gasteiger partial charge in [0.25, 0.3) is 0 Å².